The molecule has 0 aliphatic heterocycles. The van der Waals surface area contributed by atoms with Gasteiger partial charge in [0.25, 0.3) is 0 Å². The first kappa shape index (κ1) is 14.1. The molecule has 6 atom stereocenters. The topological polar surface area (TPSA) is 0 Å². The van der Waals surface area contributed by atoms with Crippen molar-refractivity contribution < 1.29 is 0 Å². The standard InChI is InChI=1S/C14H26.C2H6/c1-7-10-11-8(2)9(3)12(11)13(10)14(4,5)6;1-2/h8-13H,7H2,1-6H3;1-2H3. The van der Waals surface area contributed by atoms with Crippen LogP contribution < -0.4 is 0 Å². The van der Waals surface area contributed by atoms with Gasteiger partial charge in [-0.15, -0.1) is 0 Å². The van der Waals surface area contributed by atoms with Crippen LogP contribution in [0.3, 0.4) is 0 Å². The van der Waals surface area contributed by atoms with E-state index >= 15 is 0 Å². The summed E-state index contributed by atoms with van der Waals surface area (Å²) >= 11 is 0. The SMILES string of the molecule is CC.CCC1C2C(C)C(C)C2C1C(C)(C)C. The summed E-state index contributed by atoms with van der Waals surface area (Å²) in [5.74, 6) is 6.18. The lowest BCUT2D eigenvalue weighted by Gasteiger charge is -2.70. The average Bonchev–Trinajstić information content (AvgIpc) is 2.18. The van der Waals surface area contributed by atoms with Gasteiger partial charge in [-0.2, -0.15) is 0 Å². The smallest absolute Gasteiger partial charge is 0.0300 e. The summed E-state index contributed by atoms with van der Waals surface area (Å²) in [7, 11) is 0. The minimum absolute atomic E-state index is 0.538. The summed E-state index contributed by atoms with van der Waals surface area (Å²) in [4.78, 5) is 0. The van der Waals surface area contributed by atoms with Crippen molar-refractivity contribution in [2.75, 3.05) is 0 Å². The predicted molar refractivity (Wildman–Crippen MR) is 73.4 cm³/mol. The highest BCUT2D eigenvalue weighted by Crippen LogP contribution is 2.69. The monoisotopic (exact) mass is 224 g/mol. The lowest BCUT2D eigenvalue weighted by molar-refractivity contribution is -0.226. The Bertz CT molecular complexity index is 217. The molecule has 0 spiro atoms. The Hall–Kier alpha value is 0. The van der Waals surface area contributed by atoms with Gasteiger partial charge in [0.2, 0.25) is 0 Å². The van der Waals surface area contributed by atoms with Crippen LogP contribution >= 0.6 is 0 Å². The van der Waals surface area contributed by atoms with Crippen molar-refractivity contribution in [3.8, 4) is 0 Å². The maximum atomic E-state index is 2.47. The minimum atomic E-state index is 0.538. The lowest BCUT2D eigenvalue weighted by Crippen LogP contribution is -2.65. The molecular weight excluding hydrogens is 192 g/mol. The molecule has 0 radical (unpaired) electrons. The highest BCUT2D eigenvalue weighted by molar-refractivity contribution is 5.11. The van der Waals surface area contributed by atoms with E-state index in [1.807, 2.05) is 13.8 Å². The third kappa shape index (κ3) is 1.83. The summed E-state index contributed by atoms with van der Waals surface area (Å²) in [5.41, 5.74) is 0.538. The van der Waals surface area contributed by atoms with Gasteiger partial charge in [0.05, 0.1) is 0 Å². The van der Waals surface area contributed by atoms with Crippen molar-refractivity contribution in [3.63, 3.8) is 0 Å². The van der Waals surface area contributed by atoms with Gasteiger partial charge in [-0.05, 0) is 40.9 Å². The summed E-state index contributed by atoms with van der Waals surface area (Å²) in [6, 6.07) is 0. The molecule has 0 aromatic heterocycles. The Labute approximate surface area is 103 Å². The summed E-state index contributed by atoms with van der Waals surface area (Å²) in [6.45, 7) is 18.6. The van der Waals surface area contributed by atoms with E-state index in [9.17, 15) is 0 Å². The molecule has 0 heterocycles. The van der Waals surface area contributed by atoms with Crippen molar-refractivity contribution >= 4 is 0 Å². The van der Waals surface area contributed by atoms with Crippen molar-refractivity contribution in [3.05, 3.63) is 0 Å². The molecular formula is C16H32. The molecule has 0 amide bonds. The van der Waals surface area contributed by atoms with Crippen LogP contribution in [-0.2, 0) is 0 Å². The molecule has 0 aromatic rings. The molecule has 2 saturated carbocycles. The first-order valence-corrected chi connectivity index (χ1v) is 7.39. The largest absolute Gasteiger partial charge is 0.0683 e. The third-order valence-corrected chi connectivity index (χ3v) is 5.33. The Balaban J connectivity index is 0.000000606. The molecule has 6 unspecified atom stereocenters. The van der Waals surface area contributed by atoms with Crippen LogP contribution in [0.5, 0.6) is 0 Å². The fraction of sp³-hybridized carbons (Fsp3) is 1.00. The normalized spacial score (nSPS) is 45.8. The first-order valence-electron chi connectivity index (χ1n) is 7.39. The van der Waals surface area contributed by atoms with Crippen molar-refractivity contribution in [1.29, 1.82) is 0 Å². The van der Waals surface area contributed by atoms with E-state index in [4.69, 9.17) is 0 Å². The van der Waals surface area contributed by atoms with E-state index in [0.717, 1.165) is 35.5 Å². The lowest BCUT2D eigenvalue weighted by atomic mass is 9.35. The van der Waals surface area contributed by atoms with Crippen molar-refractivity contribution in [1.82, 2.24) is 0 Å². The van der Waals surface area contributed by atoms with Crippen LogP contribution in [-0.4, -0.2) is 0 Å². The number of rotatable bonds is 1. The van der Waals surface area contributed by atoms with E-state index in [1.165, 1.54) is 6.42 Å². The molecule has 2 aliphatic carbocycles. The second-order valence-electron chi connectivity index (χ2n) is 6.84. The second-order valence-corrected chi connectivity index (χ2v) is 6.84. The van der Waals surface area contributed by atoms with Gasteiger partial charge < -0.3 is 0 Å². The van der Waals surface area contributed by atoms with Crippen LogP contribution in [0, 0.1) is 40.9 Å². The first-order chi connectivity index (χ1) is 7.39. The van der Waals surface area contributed by atoms with E-state index < -0.39 is 0 Å². The minimum Gasteiger partial charge on any atom is -0.0683 e. The van der Waals surface area contributed by atoms with E-state index in [1.54, 1.807) is 0 Å². The molecule has 0 heteroatoms. The summed E-state index contributed by atoms with van der Waals surface area (Å²) in [6.07, 6.45) is 1.40. The molecule has 0 N–H and O–H groups in total. The van der Waals surface area contributed by atoms with E-state index in [0.29, 0.717) is 5.41 Å². The van der Waals surface area contributed by atoms with Crippen molar-refractivity contribution in [2.24, 2.45) is 40.9 Å². The summed E-state index contributed by atoms with van der Waals surface area (Å²) < 4.78 is 0. The van der Waals surface area contributed by atoms with Gasteiger partial charge in [-0.3, -0.25) is 0 Å². The Kier molecular flexibility index (Phi) is 4.13. The Morgan fingerprint density at radius 3 is 1.69 bits per heavy atom. The highest BCUT2D eigenvalue weighted by atomic mass is 14.7. The molecule has 2 aliphatic rings. The van der Waals surface area contributed by atoms with Crippen LogP contribution in [0.1, 0.15) is 61.8 Å². The quantitative estimate of drug-likeness (QED) is 0.572. The zero-order valence-electron chi connectivity index (χ0n) is 12.7. The second kappa shape index (κ2) is 4.70. The van der Waals surface area contributed by atoms with Crippen molar-refractivity contribution in [2.45, 2.75) is 61.8 Å². The molecule has 0 bridgehead atoms. The fourth-order valence-electron chi connectivity index (χ4n) is 4.62. The predicted octanol–water partition coefficient (Wildman–Crippen LogP) is 5.23. The zero-order chi connectivity index (χ0) is 12.7. The maximum absolute atomic E-state index is 2.47. The van der Waals surface area contributed by atoms with Gasteiger partial charge in [0.1, 0.15) is 0 Å². The number of fused-ring (bicyclic) bond motifs is 1. The van der Waals surface area contributed by atoms with Gasteiger partial charge >= 0.3 is 0 Å². The van der Waals surface area contributed by atoms with Gasteiger partial charge in [0, 0.05) is 0 Å². The zero-order valence-corrected chi connectivity index (χ0v) is 12.7. The molecule has 96 valence electrons. The van der Waals surface area contributed by atoms with Crippen LogP contribution in [0.25, 0.3) is 0 Å². The average molecular weight is 224 g/mol. The Morgan fingerprint density at radius 1 is 0.875 bits per heavy atom. The molecule has 2 fully saturated rings. The van der Waals surface area contributed by atoms with Gasteiger partial charge in [0.15, 0.2) is 0 Å². The molecule has 0 aromatic carbocycles. The van der Waals surface area contributed by atoms with Crippen LogP contribution in [0.4, 0.5) is 0 Å². The maximum Gasteiger partial charge on any atom is -0.0300 e. The molecule has 0 nitrogen and oxygen atoms in total. The van der Waals surface area contributed by atoms with Crippen LogP contribution in [0.15, 0.2) is 0 Å². The van der Waals surface area contributed by atoms with Crippen LogP contribution in [0.2, 0.25) is 0 Å². The fourth-order valence-corrected chi connectivity index (χ4v) is 4.62. The van der Waals surface area contributed by atoms with E-state index in [-0.39, 0.29) is 0 Å². The van der Waals surface area contributed by atoms with Gasteiger partial charge in [-0.1, -0.05) is 61.8 Å². The molecule has 2 rings (SSSR count). The number of hydrogen-bond acceptors (Lipinski definition) is 0. The molecule has 0 saturated heterocycles. The van der Waals surface area contributed by atoms with Gasteiger partial charge in [-0.25, -0.2) is 0 Å². The molecule has 16 heavy (non-hydrogen) atoms. The third-order valence-electron chi connectivity index (χ3n) is 5.33. The van der Waals surface area contributed by atoms with E-state index in [2.05, 4.69) is 41.5 Å². The number of hydrogen-bond donors (Lipinski definition) is 0. The summed E-state index contributed by atoms with van der Waals surface area (Å²) in [5, 5.41) is 0. The Morgan fingerprint density at radius 2 is 1.31 bits per heavy atom. The highest BCUT2D eigenvalue weighted by Gasteiger charge is 2.64.